The highest BCUT2D eigenvalue weighted by atomic mass is 16.7. The minimum absolute atomic E-state index is 0.0580. The van der Waals surface area contributed by atoms with Crippen LogP contribution in [0.15, 0.2) is 0 Å². The standard InChI is InChI=1S/C12H24O3/c1-4-14-12(15-5-2)10-8-6-7-9-11(3)13/h12H,4-10H2,1-3H3. The maximum Gasteiger partial charge on any atom is 0.157 e. The van der Waals surface area contributed by atoms with Gasteiger partial charge in [0.05, 0.1) is 0 Å². The summed E-state index contributed by atoms with van der Waals surface area (Å²) in [6, 6.07) is 0. The Morgan fingerprint density at radius 1 is 1.07 bits per heavy atom. The van der Waals surface area contributed by atoms with Gasteiger partial charge >= 0.3 is 0 Å². The van der Waals surface area contributed by atoms with Gasteiger partial charge in [-0.05, 0) is 40.0 Å². The molecule has 0 saturated carbocycles. The van der Waals surface area contributed by atoms with Crippen molar-refractivity contribution in [2.24, 2.45) is 0 Å². The first-order chi connectivity index (χ1) is 7.20. The molecule has 0 rings (SSSR count). The Hall–Kier alpha value is -0.410. The number of hydrogen-bond acceptors (Lipinski definition) is 3. The van der Waals surface area contributed by atoms with Crippen molar-refractivity contribution in [3.8, 4) is 0 Å². The quantitative estimate of drug-likeness (QED) is 0.416. The van der Waals surface area contributed by atoms with Gasteiger partial charge < -0.3 is 14.3 Å². The number of hydrogen-bond donors (Lipinski definition) is 0. The summed E-state index contributed by atoms with van der Waals surface area (Å²) in [5, 5.41) is 0. The normalized spacial score (nSPS) is 10.9. The van der Waals surface area contributed by atoms with Crippen molar-refractivity contribution < 1.29 is 14.3 Å². The smallest absolute Gasteiger partial charge is 0.157 e. The van der Waals surface area contributed by atoms with Crippen LogP contribution in [-0.2, 0) is 14.3 Å². The number of ketones is 1. The highest BCUT2D eigenvalue weighted by Gasteiger charge is 2.06. The molecule has 3 nitrogen and oxygen atoms in total. The molecule has 0 atom stereocenters. The lowest BCUT2D eigenvalue weighted by atomic mass is 10.1. The van der Waals surface area contributed by atoms with Crippen LogP contribution in [0.4, 0.5) is 0 Å². The maximum absolute atomic E-state index is 10.7. The van der Waals surface area contributed by atoms with Gasteiger partial charge in [-0.1, -0.05) is 6.42 Å². The van der Waals surface area contributed by atoms with Crippen molar-refractivity contribution in [2.45, 2.75) is 59.2 Å². The number of carbonyl (C=O) groups is 1. The summed E-state index contributed by atoms with van der Waals surface area (Å²) in [5.41, 5.74) is 0. The first-order valence-corrected chi connectivity index (χ1v) is 5.93. The van der Waals surface area contributed by atoms with E-state index in [1.54, 1.807) is 6.92 Å². The first-order valence-electron chi connectivity index (χ1n) is 5.93. The summed E-state index contributed by atoms with van der Waals surface area (Å²) in [7, 11) is 0. The zero-order chi connectivity index (χ0) is 11.5. The van der Waals surface area contributed by atoms with Crippen molar-refractivity contribution in [1.82, 2.24) is 0 Å². The zero-order valence-electron chi connectivity index (χ0n) is 10.3. The third kappa shape index (κ3) is 9.88. The lowest BCUT2D eigenvalue weighted by Gasteiger charge is -2.16. The fourth-order valence-corrected chi connectivity index (χ4v) is 1.45. The molecular formula is C12H24O3. The van der Waals surface area contributed by atoms with Crippen LogP contribution in [0.3, 0.4) is 0 Å². The molecule has 0 saturated heterocycles. The van der Waals surface area contributed by atoms with Gasteiger partial charge in [-0.15, -0.1) is 0 Å². The molecule has 0 heterocycles. The number of unbranched alkanes of at least 4 members (excludes halogenated alkanes) is 2. The van der Waals surface area contributed by atoms with E-state index in [0.29, 0.717) is 19.6 Å². The zero-order valence-corrected chi connectivity index (χ0v) is 10.3. The third-order valence-electron chi connectivity index (χ3n) is 2.17. The van der Waals surface area contributed by atoms with Crippen molar-refractivity contribution in [3.05, 3.63) is 0 Å². The first kappa shape index (κ1) is 14.6. The molecule has 0 aliphatic rings. The van der Waals surface area contributed by atoms with Gasteiger partial charge in [0.1, 0.15) is 5.78 Å². The lowest BCUT2D eigenvalue weighted by molar-refractivity contribution is -0.140. The van der Waals surface area contributed by atoms with Gasteiger partial charge in [0.25, 0.3) is 0 Å². The molecule has 0 aromatic carbocycles. The molecule has 0 aliphatic carbocycles. The van der Waals surface area contributed by atoms with E-state index >= 15 is 0 Å². The van der Waals surface area contributed by atoms with Crippen LogP contribution in [0.25, 0.3) is 0 Å². The SMILES string of the molecule is CCOC(CCCCCC(C)=O)OCC. The Labute approximate surface area is 93.1 Å². The van der Waals surface area contributed by atoms with Gasteiger partial charge in [0, 0.05) is 19.6 Å². The van der Waals surface area contributed by atoms with Crippen LogP contribution in [0.1, 0.15) is 52.9 Å². The molecule has 3 heteroatoms. The summed E-state index contributed by atoms with van der Waals surface area (Å²) < 4.78 is 10.8. The Balaban J connectivity index is 3.39. The van der Waals surface area contributed by atoms with Crippen LogP contribution < -0.4 is 0 Å². The monoisotopic (exact) mass is 216 g/mol. The van der Waals surface area contributed by atoms with Gasteiger partial charge in [-0.25, -0.2) is 0 Å². The molecule has 0 amide bonds. The van der Waals surface area contributed by atoms with Crippen LogP contribution in [0, 0.1) is 0 Å². The molecule has 0 bridgehead atoms. The van der Waals surface area contributed by atoms with Crippen molar-refractivity contribution >= 4 is 5.78 Å². The molecule has 0 aromatic rings. The Kier molecular flexibility index (Phi) is 9.84. The number of Topliss-reactive ketones (excluding diaryl/α,β-unsaturated/α-hetero) is 1. The van der Waals surface area contributed by atoms with E-state index in [1.165, 1.54) is 0 Å². The minimum atomic E-state index is -0.0580. The van der Waals surface area contributed by atoms with Crippen molar-refractivity contribution in [1.29, 1.82) is 0 Å². The third-order valence-corrected chi connectivity index (χ3v) is 2.17. The summed E-state index contributed by atoms with van der Waals surface area (Å²) in [4.78, 5) is 10.7. The van der Waals surface area contributed by atoms with Crippen molar-refractivity contribution in [2.75, 3.05) is 13.2 Å². The van der Waals surface area contributed by atoms with Crippen LogP contribution in [0.5, 0.6) is 0 Å². The Morgan fingerprint density at radius 2 is 1.67 bits per heavy atom. The van der Waals surface area contributed by atoms with Crippen molar-refractivity contribution in [3.63, 3.8) is 0 Å². The largest absolute Gasteiger partial charge is 0.353 e. The van der Waals surface area contributed by atoms with Gasteiger partial charge in [-0.2, -0.15) is 0 Å². The second-order valence-corrected chi connectivity index (χ2v) is 3.64. The highest BCUT2D eigenvalue weighted by molar-refractivity contribution is 5.75. The van der Waals surface area contributed by atoms with Gasteiger partial charge in [0.15, 0.2) is 6.29 Å². The van der Waals surface area contributed by atoms with E-state index in [0.717, 1.165) is 25.7 Å². The molecule has 0 fully saturated rings. The molecule has 0 aliphatic heterocycles. The summed E-state index contributed by atoms with van der Waals surface area (Å²) in [5.74, 6) is 0.279. The fraction of sp³-hybridized carbons (Fsp3) is 0.917. The fourth-order valence-electron chi connectivity index (χ4n) is 1.45. The number of ether oxygens (including phenoxy) is 2. The number of rotatable bonds is 10. The maximum atomic E-state index is 10.7. The molecule has 0 radical (unpaired) electrons. The average molecular weight is 216 g/mol. The second kappa shape index (κ2) is 10.1. The summed E-state index contributed by atoms with van der Waals surface area (Å²) in [6.07, 6.45) is 4.71. The number of carbonyl (C=O) groups excluding carboxylic acids is 1. The van der Waals surface area contributed by atoms with Crippen LogP contribution in [-0.4, -0.2) is 25.3 Å². The predicted octanol–water partition coefficient (Wildman–Crippen LogP) is 2.93. The topological polar surface area (TPSA) is 35.5 Å². The minimum Gasteiger partial charge on any atom is -0.353 e. The van der Waals surface area contributed by atoms with E-state index in [9.17, 15) is 4.79 Å². The van der Waals surface area contributed by atoms with Gasteiger partial charge in [-0.3, -0.25) is 0 Å². The van der Waals surface area contributed by atoms with E-state index in [-0.39, 0.29) is 12.1 Å². The summed E-state index contributed by atoms with van der Waals surface area (Å²) in [6.45, 7) is 6.98. The molecular weight excluding hydrogens is 192 g/mol. The van der Waals surface area contributed by atoms with E-state index in [1.807, 2.05) is 13.8 Å². The van der Waals surface area contributed by atoms with E-state index in [2.05, 4.69) is 0 Å². The van der Waals surface area contributed by atoms with Crippen LogP contribution >= 0.6 is 0 Å². The van der Waals surface area contributed by atoms with Gasteiger partial charge in [0.2, 0.25) is 0 Å². The molecule has 0 spiro atoms. The molecule has 0 aromatic heterocycles. The van der Waals surface area contributed by atoms with E-state index < -0.39 is 0 Å². The predicted molar refractivity (Wildman–Crippen MR) is 60.8 cm³/mol. The lowest BCUT2D eigenvalue weighted by Crippen LogP contribution is -2.17. The Bertz CT molecular complexity index is 151. The molecule has 15 heavy (non-hydrogen) atoms. The Morgan fingerprint density at radius 3 is 2.13 bits per heavy atom. The van der Waals surface area contributed by atoms with Crippen LogP contribution in [0.2, 0.25) is 0 Å². The summed E-state index contributed by atoms with van der Waals surface area (Å²) >= 11 is 0. The van der Waals surface area contributed by atoms with E-state index in [4.69, 9.17) is 9.47 Å². The molecule has 90 valence electrons. The highest BCUT2D eigenvalue weighted by Crippen LogP contribution is 2.09. The molecule has 0 unspecified atom stereocenters. The second-order valence-electron chi connectivity index (χ2n) is 3.64. The molecule has 0 N–H and O–H groups in total. The average Bonchev–Trinajstić information content (AvgIpc) is 2.17.